The summed E-state index contributed by atoms with van der Waals surface area (Å²) in [7, 11) is 0. The van der Waals surface area contributed by atoms with Crippen LogP contribution in [0.1, 0.15) is 17.6 Å². The summed E-state index contributed by atoms with van der Waals surface area (Å²) < 4.78 is 25.1. The van der Waals surface area contributed by atoms with Crippen molar-refractivity contribution in [3.05, 3.63) is 20.9 Å². The number of aromatic nitrogens is 1. The highest BCUT2D eigenvalue weighted by Gasteiger charge is 2.13. The van der Waals surface area contributed by atoms with Crippen molar-refractivity contribution < 1.29 is 8.78 Å². The van der Waals surface area contributed by atoms with E-state index in [1.54, 1.807) is 6.92 Å². The van der Waals surface area contributed by atoms with Gasteiger partial charge in [0.15, 0.2) is 0 Å². The van der Waals surface area contributed by atoms with Crippen LogP contribution in [0.2, 0.25) is 0 Å². The molecule has 1 rings (SSSR count). The maximum atomic E-state index is 12.3. The van der Waals surface area contributed by atoms with Gasteiger partial charge in [0.25, 0.3) is 6.43 Å². The number of hydrogen-bond acceptors (Lipinski definition) is 2. The van der Waals surface area contributed by atoms with Gasteiger partial charge in [-0.2, -0.15) is 0 Å². The molecule has 1 aromatic rings. The van der Waals surface area contributed by atoms with Crippen molar-refractivity contribution in [2.24, 2.45) is 0 Å². The van der Waals surface area contributed by atoms with Crippen molar-refractivity contribution in [2.75, 3.05) is 5.73 Å². The van der Waals surface area contributed by atoms with Crippen LogP contribution in [0.25, 0.3) is 0 Å². The Bertz CT molecular complexity index is 302. The van der Waals surface area contributed by atoms with Gasteiger partial charge in [-0.25, -0.2) is 13.8 Å². The van der Waals surface area contributed by atoms with Crippen LogP contribution < -0.4 is 5.73 Å². The Hall–Kier alpha value is -0.460. The second-order valence-electron chi connectivity index (χ2n) is 2.35. The van der Waals surface area contributed by atoms with Gasteiger partial charge in [-0.1, -0.05) is 0 Å². The van der Waals surface area contributed by atoms with Gasteiger partial charge in [0, 0.05) is 11.1 Å². The zero-order chi connectivity index (χ0) is 9.30. The number of hydrogen-bond donors (Lipinski definition) is 1. The van der Waals surface area contributed by atoms with E-state index in [1.807, 2.05) is 22.6 Å². The van der Waals surface area contributed by atoms with Crippen LogP contribution in [0, 0.1) is 10.6 Å². The molecule has 5 heteroatoms. The molecule has 0 radical (unpaired) electrons. The molecule has 0 spiro atoms. The largest absolute Gasteiger partial charge is 0.383 e. The molecule has 0 aliphatic rings. The van der Waals surface area contributed by atoms with Gasteiger partial charge in [0.2, 0.25) is 0 Å². The summed E-state index contributed by atoms with van der Waals surface area (Å²) in [6.07, 6.45) is -2.48. The predicted octanol–water partition coefficient (Wildman–Crippen LogP) is 2.51. The fourth-order valence-corrected chi connectivity index (χ4v) is 1.44. The zero-order valence-corrected chi connectivity index (χ0v) is 8.47. The molecule has 0 fully saturated rings. The quantitative estimate of drug-likeness (QED) is 0.635. The van der Waals surface area contributed by atoms with Crippen LogP contribution >= 0.6 is 22.6 Å². The molecule has 2 N–H and O–H groups in total. The van der Waals surface area contributed by atoms with Crippen LogP contribution in [-0.2, 0) is 0 Å². The molecule has 2 nitrogen and oxygen atoms in total. The molecule has 0 amide bonds. The van der Waals surface area contributed by atoms with Crippen molar-refractivity contribution in [2.45, 2.75) is 13.3 Å². The molecule has 0 bridgehead atoms. The first-order valence-corrected chi connectivity index (χ1v) is 4.31. The van der Waals surface area contributed by atoms with Gasteiger partial charge >= 0.3 is 0 Å². The Balaban J connectivity index is 3.28. The second-order valence-corrected chi connectivity index (χ2v) is 3.45. The number of alkyl halides is 2. The number of nitrogens with zero attached hydrogens (tertiary/aromatic N) is 1. The molecule has 66 valence electrons. The first kappa shape index (κ1) is 9.63. The van der Waals surface area contributed by atoms with Crippen molar-refractivity contribution in [3.8, 4) is 0 Å². The Labute approximate surface area is 82.3 Å². The summed E-state index contributed by atoms with van der Waals surface area (Å²) in [5.74, 6) is 0.178. The summed E-state index contributed by atoms with van der Waals surface area (Å²) in [6.45, 7) is 1.54. The van der Waals surface area contributed by atoms with E-state index in [0.717, 1.165) is 0 Å². The molecule has 0 saturated heterocycles. The first-order chi connectivity index (χ1) is 5.52. The van der Waals surface area contributed by atoms with Crippen LogP contribution in [0.3, 0.4) is 0 Å². The number of rotatable bonds is 1. The van der Waals surface area contributed by atoms with Gasteiger partial charge in [-0.05, 0) is 35.6 Å². The number of anilines is 1. The highest BCUT2D eigenvalue weighted by atomic mass is 127. The van der Waals surface area contributed by atoms with Crippen molar-refractivity contribution in [3.63, 3.8) is 0 Å². The highest BCUT2D eigenvalue weighted by Crippen LogP contribution is 2.26. The average Bonchev–Trinajstić information content (AvgIpc) is 1.96. The molecule has 1 aromatic heterocycles. The minimum Gasteiger partial charge on any atom is -0.383 e. The van der Waals surface area contributed by atoms with E-state index >= 15 is 0 Å². The van der Waals surface area contributed by atoms with E-state index in [1.165, 1.54) is 6.07 Å². The third kappa shape index (κ3) is 1.82. The summed E-state index contributed by atoms with van der Waals surface area (Å²) >= 11 is 1.86. The van der Waals surface area contributed by atoms with Crippen molar-refractivity contribution >= 4 is 28.4 Å². The minimum absolute atomic E-state index is 0.0353. The van der Waals surface area contributed by atoms with Crippen LogP contribution in [0.15, 0.2) is 6.07 Å². The van der Waals surface area contributed by atoms with Crippen LogP contribution in [-0.4, -0.2) is 4.98 Å². The fourth-order valence-electron chi connectivity index (χ4n) is 0.842. The van der Waals surface area contributed by atoms with Crippen LogP contribution in [0.4, 0.5) is 14.6 Å². The van der Waals surface area contributed by atoms with Gasteiger partial charge in [-0.15, -0.1) is 0 Å². The SMILES string of the molecule is Cc1c(C(F)F)cc(I)nc1N. The molecule has 0 aromatic carbocycles. The van der Waals surface area contributed by atoms with Crippen molar-refractivity contribution in [1.29, 1.82) is 0 Å². The lowest BCUT2D eigenvalue weighted by molar-refractivity contribution is 0.150. The number of pyridine rings is 1. The fraction of sp³-hybridized carbons (Fsp3) is 0.286. The van der Waals surface area contributed by atoms with Crippen molar-refractivity contribution in [1.82, 2.24) is 4.98 Å². The van der Waals surface area contributed by atoms with E-state index in [4.69, 9.17) is 5.73 Å². The molecule has 0 atom stereocenters. The Morgan fingerprint density at radius 1 is 1.58 bits per heavy atom. The maximum Gasteiger partial charge on any atom is 0.264 e. The monoisotopic (exact) mass is 284 g/mol. The Kier molecular flexibility index (Phi) is 2.81. The zero-order valence-electron chi connectivity index (χ0n) is 6.31. The summed E-state index contributed by atoms with van der Waals surface area (Å²) in [6, 6.07) is 1.34. The topological polar surface area (TPSA) is 38.9 Å². The highest BCUT2D eigenvalue weighted by molar-refractivity contribution is 14.1. The average molecular weight is 284 g/mol. The van der Waals surface area contributed by atoms with E-state index in [9.17, 15) is 8.78 Å². The molecule has 0 saturated carbocycles. The molecular formula is C7H7F2IN2. The molecule has 1 heterocycles. The predicted molar refractivity (Wildman–Crippen MR) is 51.1 cm³/mol. The third-order valence-electron chi connectivity index (χ3n) is 1.55. The van der Waals surface area contributed by atoms with Gasteiger partial charge in [-0.3, -0.25) is 0 Å². The van der Waals surface area contributed by atoms with E-state index in [0.29, 0.717) is 9.26 Å². The van der Waals surface area contributed by atoms with E-state index < -0.39 is 6.43 Å². The normalized spacial score (nSPS) is 10.8. The van der Waals surface area contributed by atoms with Crippen LogP contribution in [0.5, 0.6) is 0 Å². The molecule has 0 aliphatic carbocycles. The molecular weight excluding hydrogens is 277 g/mol. The molecule has 12 heavy (non-hydrogen) atoms. The second kappa shape index (κ2) is 3.51. The smallest absolute Gasteiger partial charge is 0.264 e. The Morgan fingerprint density at radius 2 is 2.17 bits per heavy atom. The summed E-state index contributed by atoms with van der Waals surface area (Å²) in [5, 5.41) is 0. The van der Waals surface area contributed by atoms with E-state index in [2.05, 4.69) is 4.98 Å². The van der Waals surface area contributed by atoms with E-state index in [-0.39, 0.29) is 11.4 Å². The Morgan fingerprint density at radius 3 is 2.67 bits per heavy atom. The lowest BCUT2D eigenvalue weighted by Crippen LogP contribution is -2.01. The van der Waals surface area contributed by atoms with Gasteiger partial charge in [0.05, 0.1) is 0 Å². The number of nitrogen functional groups attached to an aromatic ring is 1. The minimum atomic E-state index is -2.48. The summed E-state index contributed by atoms with van der Waals surface area (Å²) in [5.41, 5.74) is 5.74. The number of halogens is 3. The number of nitrogens with two attached hydrogens (primary N) is 1. The standard InChI is InChI=1S/C7H7F2IN2/c1-3-4(6(8)9)2-5(10)12-7(3)11/h2,6H,1H3,(H2,11,12). The molecule has 0 unspecified atom stereocenters. The lowest BCUT2D eigenvalue weighted by atomic mass is 10.1. The summed E-state index contributed by atoms with van der Waals surface area (Å²) in [4.78, 5) is 3.85. The third-order valence-corrected chi connectivity index (χ3v) is 2.11. The lowest BCUT2D eigenvalue weighted by Gasteiger charge is -2.06. The first-order valence-electron chi connectivity index (χ1n) is 3.23. The molecule has 0 aliphatic heterocycles. The van der Waals surface area contributed by atoms with Gasteiger partial charge in [0.1, 0.15) is 9.52 Å². The maximum absolute atomic E-state index is 12.3. The van der Waals surface area contributed by atoms with Gasteiger partial charge < -0.3 is 5.73 Å².